The van der Waals surface area contributed by atoms with Crippen molar-refractivity contribution in [1.82, 2.24) is 4.90 Å². The first-order chi connectivity index (χ1) is 7.65. The summed E-state index contributed by atoms with van der Waals surface area (Å²) >= 11 is 5.64. The van der Waals surface area contributed by atoms with Crippen LogP contribution in [-0.4, -0.2) is 24.0 Å². The van der Waals surface area contributed by atoms with E-state index in [-0.39, 0.29) is 16.9 Å². The molecule has 0 amide bonds. The SMILES string of the molecule is NC1CCCN(Cc2ccc(Cl)c(F)c2)C1. The molecule has 1 heterocycles. The van der Waals surface area contributed by atoms with Crippen molar-refractivity contribution in [2.45, 2.75) is 25.4 Å². The van der Waals surface area contributed by atoms with Gasteiger partial charge < -0.3 is 5.73 Å². The van der Waals surface area contributed by atoms with Gasteiger partial charge in [-0.1, -0.05) is 17.7 Å². The Morgan fingerprint density at radius 2 is 2.31 bits per heavy atom. The number of hydrogen-bond acceptors (Lipinski definition) is 2. The Kier molecular flexibility index (Phi) is 3.79. The van der Waals surface area contributed by atoms with E-state index in [1.54, 1.807) is 6.07 Å². The van der Waals surface area contributed by atoms with Crippen LogP contribution in [0.5, 0.6) is 0 Å². The zero-order valence-electron chi connectivity index (χ0n) is 9.13. The molecule has 16 heavy (non-hydrogen) atoms. The lowest BCUT2D eigenvalue weighted by atomic mass is 10.1. The number of nitrogens with two attached hydrogens (primary N) is 1. The molecule has 1 atom stereocenters. The molecule has 1 unspecified atom stereocenters. The average Bonchev–Trinajstić information content (AvgIpc) is 2.24. The van der Waals surface area contributed by atoms with Crippen LogP contribution in [0.15, 0.2) is 18.2 Å². The maximum absolute atomic E-state index is 13.2. The second-order valence-corrected chi connectivity index (χ2v) is 4.79. The van der Waals surface area contributed by atoms with Crippen molar-refractivity contribution in [1.29, 1.82) is 0 Å². The zero-order chi connectivity index (χ0) is 11.5. The molecule has 0 aliphatic carbocycles. The number of hydrogen-bond donors (Lipinski definition) is 1. The first-order valence-electron chi connectivity index (χ1n) is 5.57. The molecule has 2 nitrogen and oxygen atoms in total. The highest BCUT2D eigenvalue weighted by Gasteiger charge is 2.16. The van der Waals surface area contributed by atoms with Crippen molar-refractivity contribution >= 4 is 11.6 Å². The van der Waals surface area contributed by atoms with Gasteiger partial charge in [-0.25, -0.2) is 4.39 Å². The molecule has 1 aromatic rings. The first-order valence-corrected chi connectivity index (χ1v) is 5.95. The minimum Gasteiger partial charge on any atom is -0.327 e. The smallest absolute Gasteiger partial charge is 0.142 e. The second kappa shape index (κ2) is 5.13. The highest BCUT2D eigenvalue weighted by Crippen LogP contribution is 2.18. The molecule has 0 saturated carbocycles. The van der Waals surface area contributed by atoms with Crippen molar-refractivity contribution in [2.24, 2.45) is 5.73 Å². The Labute approximate surface area is 100 Å². The summed E-state index contributed by atoms with van der Waals surface area (Å²) < 4.78 is 13.2. The van der Waals surface area contributed by atoms with Crippen LogP contribution < -0.4 is 5.73 Å². The number of nitrogens with zero attached hydrogens (tertiary/aromatic N) is 1. The van der Waals surface area contributed by atoms with E-state index in [4.69, 9.17) is 17.3 Å². The Hall–Kier alpha value is -0.640. The number of rotatable bonds is 2. The lowest BCUT2D eigenvalue weighted by Crippen LogP contribution is -2.42. The van der Waals surface area contributed by atoms with Gasteiger partial charge in [0, 0.05) is 19.1 Å². The fourth-order valence-corrected chi connectivity index (χ4v) is 2.25. The number of benzene rings is 1. The van der Waals surface area contributed by atoms with E-state index in [1.165, 1.54) is 6.07 Å². The topological polar surface area (TPSA) is 29.3 Å². The van der Waals surface area contributed by atoms with Crippen LogP contribution in [0.1, 0.15) is 18.4 Å². The predicted molar refractivity (Wildman–Crippen MR) is 63.9 cm³/mol. The van der Waals surface area contributed by atoms with E-state index in [1.807, 2.05) is 6.07 Å². The van der Waals surface area contributed by atoms with E-state index in [2.05, 4.69) is 4.90 Å². The van der Waals surface area contributed by atoms with E-state index < -0.39 is 0 Å². The third kappa shape index (κ3) is 2.94. The van der Waals surface area contributed by atoms with Gasteiger partial charge >= 0.3 is 0 Å². The van der Waals surface area contributed by atoms with E-state index in [9.17, 15) is 4.39 Å². The van der Waals surface area contributed by atoms with Crippen molar-refractivity contribution in [3.8, 4) is 0 Å². The molecule has 0 spiro atoms. The monoisotopic (exact) mass is 242 g/mol. The number of halogens is 2. The molecule has 1 aliphatic rings. The maximum atomic E-state index is 13.2. The molecule has 0 radical (unpaired) electrons. The van der Waals surface area contributed by atoms with Crippen LogP contribution in [0.3, 0.4) is 0 Å². The molecule has 1 fully saturated rings. The summed E-state index contributed by atoms with van der Waals surface area (Å²) in [6, 6.07) is 5.23. The van der Waals surface area contributed by atoms with Crippen LogP contribution >= 0.6 is 11.6 Å². The quantitative estimate of drug-likeness (QED) is 0.863. The Bertz CT molecular complexity index is 370. The van der Waals surface area contributed by atoms with Gasteiger partial charge in [0.15, 0.2) is 0 Å². The minimum absolute atomic E-state index is 0.180. The standard InChI is InChI=1S/C12H16ClFN2/c13-11-4-3-9(6-12(11)14)7-16-5-1-2-10(15)8-16/h3-4,6,10H,1-2,5,7-8,15H2. The summed E-state index contributed by atoms with van der Waals surface area (Å²) in [6.07, 6.45) is 2.21. The van der Waals surface area contributed by atoms with Gasteiger partial charge in [-0.2, -0.15) is 0 Å². The Balaban J connectivity index is 2.00. The van der Waals surface area contributed by atoms with Crippen LogP contribution in [0, 0.1) is 5.82 Å². The Morgan fingerprint density at radius 1 is 1.50 bits per heavy atom. The molecule has 0 aromatic heterocycles. The van der Waals surface area contributed by atoms with Crippen LogP contribution in [0.25, 0.3) is 0 Å². The summed E-state index contributed by atoms with van der Waals surface area (Å²) in [5, 5.41) is 0.180. The van der Waals surface area contributed by atoms with Gasteiger partial charge in [0.1, 0.15) is 5.82 Å². The summed E-state index contributed by atoms with van der Waals surface area (Å²) in [5.41, 5.74) is 6.85. The van der Waals surface area contributed by atoms with Crippen molar-refractivity contribution in [2.75, 3.05) is 13.1 Å². The highest BCUT2D eigenvalue weighted by molar-refractivity contribution is 6.30. The molecule has 88 valence electrons. The average molecular weight is 243 g/mol. The van der Waals surface area contributed by atoms with Gasteiger partial charge in [0.25, 0.3) is 0 Å². The maximum Gasteiger partial charge on any atom is 0.142 e. The predicted octanol–water partition coefficient (Wildman–Crippen LogP) is 2.40. The lowest BCUT2D eigenvalue weighted by Gasteiger charge is -2.30. The molecule has 4 heteroatoms. The fourth-order valence-electron chi connectivity index (χ4n) is 2.13. The van der Waals surface area contributed by atoms with Crippen molar-refractivity contribution in [3.63, 3.8) is 0 Å². The van der Waals surface area contributed by atoms with Gasteiger partial charge in [0.2, 0.25) is 0 Å². The summed E-state index contributed by atoms with van der Waals surface area (Å²) in [4.78, 5) is 2.26. The van der Waals surface area contributed by atoms with Gasteiger partial charge in [0.05, 0.1) is 5.02 Å². The molecule has 2 rings (SSSR count). The molecule has 2 N–H and O–H groups in total. The zero-order valence-corrected chi connectivity index (χ0v) is 9.88. The summed E-state index contributed by atoms with van der Waals surface area (Å²) in [7, 11) is 0. The van der Waals surface area contributed by atoms with Crippen LogP contribution in [0.4, 0.5) is 4.39 Å². The molecule has 0 bridgehead atoms. The number of likely N-dealkylation sites (tertiary alicyclic amines) is 1. The summed E-state index contributed by atoms with van der Waals surface area (Å²) in [6.45, 7) is 2.68. The molecule has 1 aromatic carbocycles. The van der Waals surface area contributed by atoms with E-state index in [0.29, 0.717) is 0 Å². The van der Waals surface area contributed by atoms with Gasteiger partial charge in [-0.05, 0) is 37.1 Å². The fraction of sp³-hybridized carbons (Fsp3) is 0.500. The lowest BCUT2D eigenvalue weighted by molar-refractivity contribution is 0.201. The second-order valence-electron chi connectivity index (χ2n) is 4.39. The normalized spacial score (nSPS) is 22.3. The van der Waals surface area contributed by atoms with E-state index >= 15 is 0 Å². The number of piperidine rings is 1. The molecular weight excluding hydrogens is 227 g/mol. The van der Waals surface area contributed by atoms with Crippen LogP contribution in [-0.2, 0) is 6.54 Å². The third-order valence-corrected chi connectivity index (χ3v) is 3.24. The van der Waals surface area contributed by atoms with Gasteiger partial charge in [-0.15, -0.1) is 0 Å². The molecular formula is C12H16ClFN2. The Morgan fingerprint density at radius 3 is 3.00 bits per heavy atom. The van der Waals surface area contributed by atoms with Crippen molar-refractivity contribution in [3.05, 3.63) is 34.6 Å². The largest absolute Gasteiger partial charge is 0.327 e. The van der Waals surface area contributed by atoms with Gasteiger partial charge in [-0.3, -0.25) is 4.90 Å². The highest BCUT2D eigenvalue weighted by atomic mass is 35.5. The van der Waals surface area contributed by atoms with Crippen LogP contribution in [0.2, 0.25) is 5.02 Å². The van der Waals surface area contributed by atoms with Crippen molar-refractivity contribution < 1.29 is 4.39 Å². The molecule has 1 saturated heterocycles. The molecule has 1 aliphatic heterocycles. The third-order valence-electron chi connectivity index (χ3n) is 2.93. The van der Waals surface area contributed by atoms with E-state index in [0.717, 1.165) is 38.0 Å². The summed E-state index contributed by atoms with van der Waals surface area (Å²) in [5.74, 6) is -0.347. The minimum atomic E-state index is -0.347. The first kappa shape index (κ1) is 11.8.